The van der Waals surface area contributed by atoms with Crippen molar-refractivity contribution in [3.05, 3.63) is 76.9 Å². The second kappa shape index (κ2) is 8.17. The van der Waals surface area contributed by atoms with E-state index in [4.69, 9.17) is 9.47 Å². The predicted molar refractivity (Wildman–Crippen MR) is 106 cm³/mol. The van der Waals surface area contributed by atoms with Crippen molar-refractivity contribution < 1.29 is 18.7 Å². The molecule has 0 radical (unpaired) electrons. The lowest BCUT2D eigenvalue weighted by Crippen LogP contribution is -2.23. The highest BCUT2D eigenvalue weighted by Gasteiger charge is 2.18. The van der Waals surface area contributed by atoms with E-state index >= 15 is 0 Å². The number of nitrogens with one attached hydrogen (secondary N) is 1. The number of methoxy groups -OCH3 is 2. The van der Waals surface area contributed by atoms with E-state index in [1.54, 1.807) is 49.1 Å². The van der Waals surface area contributed by atoms with Gasteiger partial charge in [-0.05, 0) is 49.7 Å². The van der Waals surface area contributed by atoms with Crippen LogP contribution in [0.4, 0.5) is 4.39 Å². The third kappa shape index (κ3) is 3.86. The topological polar surface area (TPSA) is 52.5 Å². The Morgan fingerprint density at radius 2 is 1.68 bits per heavy atom. The molecule has 2 aromatic carbocycles. The normalized spacial score (nSPS) is 10.6. The van der Waals surface area contributed by atoms with Gasteiger partial charge in [-0.15, -0.1) is 0 Å². The van der Waals surface area contributed by atoms with E-state index in [0.717, 1.165) is 11.3 Å². The number of aryl methyl sites for hydroxylation is 1. The van der Waals surface area contributed by atoms with Crippen LogP contribution in [0, 0.1) is 19.7 Å². The van der Waals surface area contributed by atoms with Crippen LogP contribution in [-0.4, -0.2) is 24.7 Å². The summed E-state index contributed by atoms with van der Waals surface area (Å²) in [7, 11) is 3.16. The van der Waals surface area contributed by atoms with Gasteiger partial charge in [0.2, 0.25) is 0 Å². The second-order valence-electron chi connectivity index (χ2n) is 6.48. The van der Waals surface area contributed by atoms with Crippen LogP contribution >= 0.6 is 0 Å². The molecule has 0 fully saturated rings. The largest absolute Gasteiger partial charge is 0.497 e. The highest BCUT2D eigenvalue weighted by atomic mass is 19.1. The smallest absolute Gasteiger partial charge is 0.253 e. The standard InChI is InChI=1S/C22H23FN2O3/c1-14-9-19(15(2)25(14)21-8-6-5-7-20(21)23)22(26)24-13-16-10-17(27-3)12-18(11-16)28-4/h5-12H,13H2,1-4H3,(H,24,26). The van der Waals surface area contributed by atoms with Crippen molar-refractivity contribution in [3.8, 4) is 17.2 Å². The van der Waals surface area contributed by atoms with Gasteiger partial charge in [0.15, 0.2) is 0 Å². The summed E-state index contributed by atoms with van der Waals surface area (Å²) in [6.45, 7) is 3.97. The number of aromatic nitrogens is 1. The molecule has 3 aromatic rings. The average molecular weight is 382 g/mol. The maximum absolute atomic E-state index is 14.2. The number of nitrogens with zero attached hydrogens (tertiary/aromatic N) is 1. The number of benzene rings is 2. The van der Waals surface area contributed by atoms with Crippen LogP contribution in [0.1, 0.15) is 27.3 Å². The minimum atomic E-state index is -0.334. The Balaban J connectivity index is 1.83. The summed E-state index contributed by atoms with van der Waals surface area (Å²) in [5, 5.41) is 2.91. The maximum atomic E-state index is 14.2. The zero-order valence-electron chi connectivity index (χ0n) is 16.4. The summed E-state index contributed by atoms with van der Waals surface area (Å²) >= 11 is 0. The molecule has 5 nitrogen and oxygen atoms in total. The van der Waals surface area contributed by atoms with E-state index in [-0.39, 0.29) is 11.7 Å². The SMILES string of the molecule is COc1cc(CNC(=O)c2cc(C)n(-c3ccccc3F)c2C)cc(OC)c1. The quantitative estimate of drug-likeness (QED) is 0.696. The fourth-order valence-electron chi connectivity index (χ4n) is 3.24. The number of ether oxygens (including phenoxy) is 2. The van der Waals surface area contributed by atoms with E-state index in [0.29, 0.717) is 35.0 Å². The minimum absolute atomic E-state index is 0.225. The summed E-state index contributed by atoms with van der Waals surface area (Å²) in [5.74, 6) is 0.750. The van der Waals surface area contributed by atoms with Crippen LogP contribution < -0.4 is 14.8 Å². The molecule has 28 heavy (non-hydrogen) atoms. The van der Waals surface area contributed by atoms with Gasteiger partial charge >= 0.3 is 0 Å². The minimum Gasteiger partial charge on any atom is -0.497 e. The van der Waals surface area contributed by atoms with Crippen LogP contribution in [-0.2, 0) is 6.54 Å². The monoisotopic (exact) mass is 382 g/mol. The number of rotatable bonds is 6. The Bertz CT molecular complexity index is 989. The molecule has 146 valence electrons. The third-order valence-corrected chi connectivity index (χ3v) is 4.63. The van der Waals surface area contributed by atoms with E-state index in [9.17, 15) is 9.18 Å². The molecule has 3 rings (SSSR count). The van der Waals surface area contributed by atoms with E-state index in [2.05, 4.69) is 5.32 Å². The molecule has 0 aliphatic carbocycles. The summed E-state index contributed by atoms with van der Waals surface area (Å²) in [4.78, 5) is 12.7. The lowest BCUT2D eigenvalue weighted by atomic mass is 10.2. The van der Waals surface area contributed by atoms with Crippen LogP contribution in [0.3, 0.4) is 0 Å². The van der Waals surface area contributed by atoms with Gasteiger partial charge in [0, 0.05) is 24.0 Å². The first-order chi connectivity index (χ1) is 13.4. The molecule has 0 unspecified atom stereocenters. The highest BCUT2D eigenvalue weighted by molar-refractivity contribution is 5.95. The van der Waals surface area contributed by atoms with Crippen molar-refractivity contribution in [2.75, 3.05) is 14.2 Å². The lowest BCUT2D eigenvalue weighted by molar-refractivity contribution is 0.0950. The Morgan fingerprint density at radius 1 is 1.04 bits per heavy atom. The summed E-state index contributed by atoms with van der Waals surface area (Å²) in [6.07, 6.45) is 0. The molecule has 0 aliphatic rings. The zero-order chi connectivity index (χ0) is 20.3. The number of amides is 1. The van der Waals surface area contributed by atoms with Crippen molar-refractivity contribution >= 4 is 5.91 Å². The Hall–Kier alpha value is -3.28. The van der Waals surface area contributed by atoms with Crippen LogP contribution in [0.2, 0.25) is 0 Å². The first-order valence-corrected chi connectivity index (χ1v) is 8.88. The molecule has 0 aliphatic heterocycles. The fourth-order valence-corrected chi connectivity index (χ4v) is 3.24. The summed E-state index contributed by atoms with van der Waals surface area (Å²) < 4.78 is 26.5. The Kier molecular flexibility index (Phi) is 5.68. The Morgan fingerprint density at radius 3 is 2.29 bits per heavy atom. The number of halogens is 1. The number of carbonyl (C=O) groups excluding carboxylic acids is 1. The van der Waals surface area contributed by atoms with Gasteiger partial charge in [-0.3, -0.25) is 4.79 Å². The maximum Gasteiger partial charge on any atom is 0.253 e. The van der Waals surface area contributed by atoms with Gasteiger partial charge in [0.1, 0.15) is 17.3 Å². The van der Waals surface area contributed by atoms with Gasteiger partial charge in [0.25, 0.3) is 5.91 Å². The molecule has 1 N–H and O–H groups in total. The van der Waals surface area contributed by atoms with Gasteiger partial charge in [0.05, 0.1) is 25.5 Å². The predicted octanol–water partition coefficient (Wildman–Crippen LogP) is 4.18. The second-order valence-corrected chi connectivity index (χ2v) is 6.48. The van der Waals surface area contributed by atoms with Crippen molar-refractivity contribution in [1.82, 2.24) is 9.88 Å². The zero-order valence-corrected chi connectivity index (χ0v) is 16.4. The molecule has 0 bridgehead atoms. The number of hydrogen-bond donors (Lipinski definition) is 1. The highest BCUT2D eigenvalue weighted by Crippen LogP contribution is 2.24. The third-order valence-electron chi connectivity index (χ3n) is 4.63. The molecule has 0 saturated heterocycles. The molecular formula is C22H23FN2O3. The number of para-hydroxylation sites is 1. The lowest BCUT2D eigenvalue weighted by Gasteiger charge is -2.11. The first-order valence-electron chi connectivity index (χ1n) is 8.88. The van der Waals surface area contributed by atoms with E-state index in [1.807, 2.05) is 26.0 Å². The molecule has 1 heterocycles. The average Bonchev–Trinajstić information content (AvgIpc) is 3.00. The van der Waals surface area contributed by atoms with Crippen LogP contribution in [0.25, 0.3) is 5.69 Å². The van der Waals surface area contributed by atoms with Gasteiger partial charge < -0.3 is 19.4 Å². The van der Waals surface area contributed by atoms with Crippen molar-refractivity contribution in [2.24, 2.45) is 0 Å². The van der Waals surface area contributed by atoms with E-state index in [1.165, 1.54) is 6.07 Å². The van der Waals surface area contributed by atoms with Crippen molar-refractivity contribution in [1.29, 1.82) is 0 Å². The van der Waals surface area contributed by atoms with Crippen molar-refractivity contribution in [2.45, 2.75) is 20.4 Å². The molecule has 1 amide bonds. The molecule has 0 atom stereocenters. The summed E-state index contributed by atoms with van der Waals surface area (Å²) in [5.41, 5.74) is 3.26. The molecule has 0 spiro atoms. The number of carbonyl (C=O) groups is 1. The van der Waals surface area contributed by atoms with Gasteiger partial charge in [-0.2, -0.15) is 0 Å². The van der Waals surface area contributed by atoms with Crippen LogP contribution in [0.15, 0.2) is 48.5 Å². The van der Waals surface area contributed by atoms with Gasteiger partial charge in [-0.1, -0.05) is 12.1 Å². The van der Waals surface area contributed by atoms with Crippen LogP contribution in [0.5, 0.6) is 11.5 Å². The molecule has 6 heteroatoms. The molecule has 1 aromatic heterocycles. The summed E-state index contributed by atoms with van der Waals surface area (Å²) in [6, 6.07) is 13.7. The Labute approximate surface area is 163 Å². The van der Waals surface area contributed by atoms with Crippen molar-refractivity contribution in [3.63, 3.8) is 0 Å². The fraction of sp³-hybridized carbons (Fsp3) is 0.227. The molecule has 0 saturated carbocycles. The molecular weight excluding hydrogens is 359 g/mol. The number of hydrogen-bond acceptors (Lipinski definition) is 3. The first kappa shape index (κ1) is 19.5. The van der Waals surface area contributed by atoms with Gasteiger partial charge in [-0.25, -0.2) is 4.39 Å². The van der Waals surface area contributed by atoms with E-state index < -0.39 is 0 Å².